The van der Waals surface area contributed by atoms with Gasteiger partial charge in [0.1, 0.15) is 16.6 Å². The number of rotatable bonds is 5. The van der Waals surface area contributed by atoms with Gasteiger partial charge in [0.05, 0.1) is 11.3 Å². The van der Waals surface area contributed by atoms with Gasteiger partial charge in [-0.1, -0.05) is 24.8 Å². The first-order valence-electron chi connectivity index (χ1n) is 7.75. The van der Waals surface area contributed by atoms with Crippen molar-refractivity contribution in [3.63, 3.8) is 0 Å². The Kier molecular flexibility index (Phi) is 4.90. The highest BCUT2D eigenvalue weighted by Gasteiger charge is 2.11. The van der Waals surface area contributed by atoms with Crippen LogP contribution in [0.25, 0.3) is 22.3 Å². The van der Waals surface area contributed by atoms with E-state index in [0.29, 0.717) is 11.6 Å². The molecule has 24 heavy (non-hydrogen) atoms. The highest BCUT2D eigenvalue weighted by atomic mass is 32.2. The van der Waals surface area contributed by atoms with Crippen LogP contribution in [0.4, 0.5) is 4.39 Å². The molecule has 3 rings (SSSR count). The van der Waals surface area contributed by atoms with Crippen molar-refractivity contribution in [1.29, 1.82) is 0 Å². The van der Waals surface area contributed by atoms with E-state index in [1.165, 1.54) is 29.5 Å². The van der Waals surface area contributed by atoms with Gasteiger partial charge in [0.2, 0.25) is 0 Å². The molecule has 3 nitrogen and oxygen atoms in total. The van der Waals surface area contributed by atoms with Gasteiger partial charge in [0.15, 0.2) is 5.82 Å². The lowest BCUT2D eigenvalue weighted by molar-refractivity contribution is -0.114. The Hall–Kier alpha value is -2.27. The molecule has 0 N–H and O–H groups in total. The topological polar surface area (TPSA) is 42.9 Å². The zero-order valence-electron chi connectivity index (χ0n) is 13.5. The maximum Gasteiger partial charge on any atom is 0.161 e. The lowest BCUT2D eigenvalue weighted by Gasteiger charge is -2.09. The largest absolute Gasteiger partial charge is 0.299 e. The van der Waals surface area contributed by atoms with E-state index < -0.39 is 0 Å². The number of ketones is 1. The summed E-state index contributed by atoms with van der Waals surface area (Å²) in [6.07, 6.45) is 0.923. The fraction of sp³-hybridized carbons (Fsp3) is 0.211. The molecule has 0 aliphatic carbocycles. The van der Waals surface area contributed by atoms with Crippen molar-refractivity contribution >= 4 is 28.4 Å². The van der Waals surface area contributed by atoms with E-state index in [0.717, 1.165) is 27.9 Å². The Balaban J connectivity index is 2.14. The lowest BCUT2D eigenvalue weighted by atomic mass is 10.1. The highest BCUT2D eigenvalue weighted by molar-refractivity contribution is 8.00. The molecule has 0 amide bonds. The number of hydrogen-bond donors (Lipinski definition) is 0. The third-order valence-electron chi connectivity index (χ3n) is 3.65. The number of halogens is 1. The molecule has 0 aliphatic heterocycles. The van der Waals surface area contributed by atoms with E-state index in [-0.39, 0.29) is 11.6 Å². The maximum absolute atomic E-state index is 13.1. The predicted molar refractivity (Wildman–Crippen MR) is 95.7 cm³/mol. The molecule has 0 fully saturated rings. The van der Waals surface area contributed by atoms with Gasteiger partial charge in [0, 0.05) is 10.9 Å². The average Bonchev–Trinajstić information content (AvgIpc) is 2.59. The Labute approximate surface area is 144 Å². The second-order valence-corrected chi connectivity index (χ2v) is 6.52. The molecule has 0 radical (unpaired) electrons. The van der Waals surface area contributed by atoms with Gasteiger partial charge in [-0.3, -0.25) is 4.79 Å². The van der Waals surface area contributed by atoms with E-state index >= 15 is 0 Å². The molecule has 0 bridgehead atoms. The Morgan fingerprint density at radius 2 is 1.88 bits per heavy atom. The third-order valence-corrected chi connectivity index (χ3v) is 4.78. The minimum absolute atomic E-state index is 0.0988. The summed E-state index contributed by atoms with van der Waals surface area (Å²) in [5, 5.41) is 1.73. The number of hydrogen-bond acceptors (Lipinski definition) is 4. The molecule has 1 aromatic heterocycles. The fourth-order valence-corrected chi connectivity index (χ4v) is 3.19. The van der Waals surface area contributed by atoms with E-state index in [1.807, 2.05) is 12.1 Å². The van der Waals surface area contributed by atoms with Crippen molar-refractivity contribution < 1.29 is 9.18 Å². The number of fused-ring (bicyclic) bond motifs is 1. The zero-order chi connectivity index (χ0) is 17.1. The minimum Gasteiger partial charge on any atom is -0.299 e. The second kappa shape index (κ2) is 7.09. The van der Waals surface area contributed by atoms with Gasteiger partial charge in [0.25, 0.3) is 0 Å². The first kappa shape index (κ1) is 16.6. The molecule has 5 heteroatoms. The smallest absolute Gasteiger partial charge is 0.161 e. The van der Waals surface area contributed by atoms with Crippen LogP contribution in [0.2, 0.25) is 0 Å². The van der Waals surface area contributed by atoms with Crippen molar-refractivity contribution in [2.75, 3.05) is 5.75 Å². The molecule has 0 spiro atoms. The third kappa shape index (κ3) is 3.62. The Morgan fingerprint density at radius 1 is 1.12 bits per heavy atom. The second-order valence-electron chi connectivity index (χ2n) is 5.56. The molecule has 1 heterocycles. The van der Waals surface area contributed by atoms with E-state index in [1.54, 1.807) is 19.1 Å². The van der Waals surface area contributed by atoms with Gasteiger partial charge >= 0.3 is 0 Å². The number of aryl methyl sites for hydroxylation is 1. The Morgan fingerprint density at radius 3 is 2.54 bits per heavy atom. The molecule has 0 atom stereocenters. The molecule has 0 saturated carbocycles. The number of nitrogens with zero attached hydrogens (tertiary/aromatic N) is 2. The van der Waals surface area contributed by atoms with Gasteiger partial charge in [-0.05, 0) is 55.3 Å². The van der Waals surface area contributed by atoms with Crippen LogP contribution in [0, 0.1) is 5.82 Å². The fourth-order valence-electron chi connectivity index (χ4n) is 2.38. The number of carbonyl (C=O) groups is 1. The molecule has 0 saturated heterocycles. The minimum atomic E-state index is -0.293. The summed E-state index contributed by atoms with van der Waals surface area (Å²) in [6.45, 7) is 3.66. The SMILES string of the molecule is CCc1ccc2nc(-c3ccc(F)cc3)nc(SCC(C)=O)c2c1. The number of aromatic nitrogens is 2. The normalized spacial score (nSPS) is 11.0. The highest BCUT2D eigenvalue weighted by Crippen LogP contribution is 2.29. The van der Waals surface area contributed by atoms with Crippen LogP contribution in [-0.2, 0) is 11.2 Å². The number of thioether (sulfide) groups is 1. The van der Waals surface area contributed by atoms with Gasteiger partial charge in [-0.15, -0.1) is 0 Å². The quantitative estimate of drug-likeness (QED) is 0.500. The summed E-state index contributed by atoms with van der Waals surface area (Å²) in [7, 11) is 0. The maximum atomic E-state index is 13.1. The van der Waals surface area contributed by atoms with Crippen molar-refractivity contribution in [2.45, 2.75) is 25.3 Å². The van der Waals surface area contributed by atoms with Crippen molar-refractivity contribution in [1.82, 2.24) is 9.97 Å². The summed E-state index contributed by atoms with van der Waals surface area (Å²) in [5.74, 6) is 0.712. The van der Waals surface area contributed by atoms with Crippen LogP contribution in [0.15, 0.2) is 47.5 Å². The average molecular weight is 340 g/mol. The summed E-state index contributed by atoms with van der Waals surface area (Å²) in [4.78, 5) is 20.6. The molecular weight excluding hydrogens is 323 g/mol. The summed E-state index contributed by atoms with van der Waals surface area (Å²) in [6, 6.07) is 12.2. The van der Waals surface area contributed by atoms with Crippen molar-refractivity contribution in [3.05, 3.63) is 53.8 Å². The van der Waals surface area contributed by atoms with Crippen LogP contribution in [0.1, 0.15) is 19.4 Å². The summed E-state index contributed by atoms with van der Waals surface area (Å²) in [5.41, 5.74) is 2.78. The summed E-state index contributed by atoms with van der Waals surface area (Å²) < 4.78 is 13.1. The van der Waals surface area contributed by atoms with Gasteiger partial charge in [-0.25, -0.2) is 14.4 Å². The standard InChI is InChI=1S/C19H17FN2OS/c1-3-13-4-9-17-16(10-13)19(24-11-12(2)23)22-18(21-17)14-5-7-15(20)8-6-14/h4-10H,3,11H2,1-2H3. The van der Waals surface area contributed by atoms with Crippen LogP contribution in [0.3, 0.4) is 0 Å². The predicted octanol–water partition coefficient (Wildman–Crippen LogP) is 4.68. The molecule has 0 unspecified atom stereocenters. The van der Waals surface area contributed by atoms with Crippen LogP contribution >= 0.6 is 11.8 Å². The van der Waals surface area contributed by atoms with Gasteiger partial charge in [-0.2, -0.15) is 0 Å². The summed E-state index contributed by atoms with van der Waals surface area (Å²) >= 11 is 1.41. The first-order chi connectivity index (χ1) is 11.6. The molecule has 122 valence electrons. The van der Waals surface area contributed by atoms with Crippen molar-refractivity contribution in [3.8, 4) is 11.4 Å². The van der Waals surface area contributed by atoms with E-state index in [4.69, 9.17) is 0 Å². The van der Waals surface area contributed by atoms with Crippen molar-refractivity contribution in [2.24, 2.45) is 0 Å². The zero-order valence-corrected chi connectivity index (χ0v) is 14.4. The molecule has 0 aliphatic rings. The Bertz CT molecular complexity index is 894. The molecular formula is C19H17FN2OS. The monoisotopic (exact) mass is 340 g/mol. The number of Topliss-reactive ketones (excluding diaryl/α,β-unsaturated/α-hetero) is 1. The van der Waals surface area contributed by atoms with Crippen LogP contribution < -0.4 is 0 Å². The molecule has 3 aromatic rings. The van der Waals surface area contributed by atoms with E-state index in [2.05, 4.69) is 23.0 Å². The van der Waals surface area contributed by atoms with Crippen LogP contribution in [0.5, 0.6) is 0 Å². The number of benzene rings is 2. The molecule has 2 aromatic carbocycles. The lowest BCUT2D eigenvalue weighted by Crippen LogP contribution is -1.98. The van der Waals surface area contributed by atoms with Crippen LogP contribution in [-0.4, -0.2) is 21.5 Å². The van der Waals surface area contributed by atoms with Gasteiger partial charge < -0.3 is 0 Å². The number of carbonyl (C=O) groups excluding carboxylic acids is 1. The first-order valence-corrected chi connectivity index (χ1v) is 8.74. The van der Waals surface area contributed by atoms with E-state index in [9.17, 15) is 9.18 Å².